The van der Waals surface area contributed by atoms with E-state index < -0.39 is 24.2 Å². The Kier molecular flexibility index (Phi) is 2.84. The minimum Gasteiger partial charge on any atom is -0.399 e. The highest BCUT2D eigenvalue weighted by molar-refractivity contribution is 6.62. The van der Waals surface area contributed by atoms with Crippen molar-refractivity contribution in [3.63, 3.8) is 0 Å². The lowest BCUT2D eigenvalue weighted by molar-refractivity contribution is 0.00578. The van der Waals surface area contributed by atoms with Gasteiger partial charge in [-0.15, -0.1) is 0 Å². The molecule has 5 heteroatoms. The third-order valence-electron chi connectivity index (χ3n) is 4.65. The van der Waals surface area contributed by atoms with Crippen LogP contribution >= 0.6 is 0 Å². The van der Waals surface area contributed by atoms with Crippen LogP contribution in [-0.4, -0.2) is 24.2 Å². The van der Waals surface area contributed by atoms with Crippen LogP contribution in [0.4, 0.5) is 8.78 Å². The number of rotatable bonds is 1. The molecule has 1 fully saturated rings. The molecule has 1 aliphatic heterocycles. The molecule has 3 rings (SSSR count). The Balaban J connectivity index is 1.88. The number of halogens is 2. The summed E-state index contributed by atoms with van der Waals surface area (Å²) >= 11 is 0. The summed E-state index contributed by atoms with van der Waals surface area (Å²) in [6.07, 6.45) is -0.346. The number of hydrogen-bond donors (Lipinski definition) is 0. The number of benzene rings is 1. The molecule has 2 nitrogen and oxygen atoms in total. The first-order valence-corrected chi connectivity index (χ1v) is 6.95. The minimum atomic E-state index is -2.61. The fourth-order valence-corrected chi connectivity index (χ4v) is 2.73. The zero-order valence-corrected chi connectivity index (χ0v) is 12.3. The third-order valence-corrected chi connectivity index (χ3v) is 4.65. The molecule has 1 saturated heterocycles. The molecule has 0 amide bonds. The Bertz CT molecular complexity index is 539. The smallest absolute Gasteiger partial charge is 0.399 e. The van der Waals surface area contributed by atoms with Crippen molar-refractivity contribution in [1.82, 2.24) is 0 Å². The molecular formula is C15H19BF2O2. The highest BCUT2D eigenvalue weighted by Gasteiger charge is 2.52. The standard InChI is InChI=1S/C15H19BF2O2/c1-13(2)14(3,4)20-16(19-13)12-6-5-10-8-15(17,18)9-11(10)7-12/h5-7H,8-9H2,1-4H3. The van der Waals surface area contributed by atoms with Crippen molar-refractivity contribution < 1.29 is 18.1 Å². The predicted octanol–water partition coefficient (Wildman–Crippen LogP) is 2.72. The van der Waals surface area contributed by atoms with Gasteiger partial charge in [0.15, 0.2) is 0 Å². The molecule has 1 aliphatic carbocycles. The summed E-state index contributed by atoms with van der Waals surface area (Å²) in [5.74, 6) is -2.61. The zero-order valence-electron chi connectivity index (χ0n) is 12.3. The monoisotopic (exact) mass is 280 g/mol. The molecule has 0 N–H and O–H groups in total. The first-order valence-electron chi connectivity index (χ1n) is 6.95. The van der Waals surface area contributed by atoms with Gasteiger partial charge in [-0.2, -0.15) is 0 Å². The van der Waals surface area contributed by atoms with Crippen LogP contribution in [0.5, 0.6) is 0 Å². The van der Waals surface area contributed by atoms with E-state index in [1.807, 2.05) is 33.8 Å². The van der Waals surface area contributed by atoms with Crippen molar-refractivity contribution in [2.75, 3.05) is 0 Å². The Hall–Kier alpha value is -0.935. The van der Waals surface area contributed by atoms with Gasteiger partial charge in [-0.25, -0.2) is 8.78 Å². The molecule has 0 bridgehead atoms. The van der Waals surface area contributed by atoms with Crippen molar-refractivity contribution in [3.05, 3.63) is 29.3 Å². The normalized spacial score (nSPS) is 25.8. The maximum absolute atomic E-state index is 13.4. The summed E-state index contributed by atoms with van der Waals surface area (Å²) in [5, 5.41) is 0. The summed E-state index contributed by atoms with van der Waals surface area (Å²) in [6, 6.07) is 5.41. The van der Waals surface area contributed by atoms with E-state index in [0.29, 0.717) is 5.56 Å². The van der Waals surface area contributed by atoms with Gasteiger partial charge in [-0.1, -0.05) is 18.2 Å². The van der Waals surface area contributed by atoms with Gasteiger partial charge >= 0.3 is 7.12 Å². The van der Waals surface area contributed by atoms with Crippen LogP contribution in [0, 0.1) is 0 Å². The van der Waals surface area contributed by atoms with E-state index >= 15 is 0 Å². The fraction of sp³-hybridized carbons (Fsp3) is 0.600. The molecule has 1 aromatic carbocycles. The predicted molar refractivity (Wildman–Crippen MR) is 74.5 cm³/mol. The van der Waals surface area contributed by atoms with E-state index in [0.717, 1.165) is 11.0 Å². The molecule has 2 aliphatic rings. The van der Waals surface area contributed by atoms with Gasteiger partial charge in [0.1, 0.15) is 0 Å². The van der Waals surface area contributed by atoms with Crippen LogP contribution < -0.4 is 5.46 Å². The van der Waals surface area contributed by atoms with E-state index in [2.05, 4.69) is 0 Å². The Morgan fingerprint density at radius 2 is 1.50 bits per heavy atom. The van der Waals surface area contributed by atoms with Crippen LogP contribution in [0.15, 0.2) is 18.2 Å². The maximum Gasteiger partial charge on any atom is 0.494 e. The van der Waals surface area contributed by atoms with Crippen molar-refractivity contribution in [3.8, 4) is 0 Å². The molecule has 0 saturated carbocycles. The molecule has 0 radical (unpaired) electrons. The fourth-order valence-electron chi connectivity index (χ4n) is 2.73. The second-order valence-corrected chi connectivity index (χ2v) is 6.83. The van der Waals surface area contributed by atoms with E-state index in [1.54, 1.807) is 12.1 Å². The van der Waals surface area contributed by atoms with E-state index in [1.165, 1.54) is 0 Å². The van der Waals surface area contributed by atoms with E-state index in [4.69, 9.17) is 9.31 Å². The number of fused-ring (bicyclic) bond motifs is 1. The van der Waals surface area contributed by atoms with Crippen molar-refractivity contribution >= 4 is 12.6 Å². The van der Waals surface area contributed by atoms with Crippen molar-refractivity contribution in [1.29, 1.82) is 0 Å². The third kappa shape index (κ3) is 2.17. The number of alkyl halides is 2. The summed E-state index contributed by atoms with van der Waals surface area (Å²) in [4.78, 5) is 0. The quantitative estimate of drug-likeness (QED) is 0.736. The highest BCUT2D eigenvalue weighted by Crippen LogP contribution is 2.37. The highest BCUT2D eigenvalue weighted by atomic mass is 19.3. The van der Waals surface area contributed by atoms with E-state index in [9.17, 15) is 8.78 Å². The minimum absolute atomic E-state index is 0.161. The van der Waals surface area contributed by atoms with Gasteiger partial charge < -0.3 is 9.31 Å². The van der Waals surface area contributed by atoms with Crippen molar-refractivity contribution in [2.24, 2.45) is 0 Å². The molecule has 1 aromatic rings. The molecule has 0 unspecified atom stereocenters. The van der Waals surface area contributed by atoms with E-state index in [-0.39, 0.29) is 12.8 Å². The number of hydrogen-bond acceptors (Lipinski definition) is 2. The van der Waals surface area contributed by atoms with Crippen LogP contribution in [0.25, 0.3) is 0 Å². The molecule has 108 valence electrons. The summed E-state index contributed by atoms with van der Waals surface area (Å²) < 4.78 is 38.8. The van der Waals surface area contributed by atoms with Crippen LogP contribution in [0.1, 0.15) is 38.8 Å². The lowest BCUT2D eigenvalue weighted by Gasteiger charge is -2.32. The Labute approximate surface area is 118 Å². The molecule has 1 heterocycles. The van der Waals surface area contributed by atoms with Gasteiger partial charge in [-0.05, 0) is 44.3 Å². The average Bonchev–Trinajstić information content (AvgIpc) is 2.69. The summed E-state index contributed by atoms with van der Waals surface area (Å²) in [7, 11) is -0.487. The summed E-state index contributed by atoms with van der Waals surface area (Å²) in [6.45, 7) is 7.92. The van der Waals surface area contributed by atoms with Gasteiger partial charge in [0.05, 0.1) is 11.2 Å². The largest absolute Gasteiger partial charge is 0.494 e. The Morgan fingerprint density at radius 1 is 0.950 bits per heavy atom. The zero-order chi connectivity index (χ0) is 14.8. The SMILES string of the molecule is CC1(C)OB(c2ccc3c(c2)CC(F)(F)C3)OC1(C)C. The van der Waals surface area contributed by atoms with Crippen LogP contribution in [-0.2, 0) is 22.2 Å². The first kappa shape index (κ1) is 14.0. The lowest BCUT2D eigenvalue weighted by atomic mass is 9.78. The second-order valence-electron chi connectivity index (χ2n) is 6.83. The molecule has 20 heavy (non-hydrogen) atoms. The molecule has 0 spiro atoms. The lowest BCUT2D eigenvalue weighted by Crippen LogP contribution is -2.41. The first-order chi connectivity index (χ1) is 9.10. The van der Waals surface area contributed by atoms with Crippen LogP contribution in [0.2, 0.25) is 0 Å². The topological polar surface area (TPSA) is 18.5 Å². The second kappa shape index (κ2) is 4.04. The van der Waals surface area contributed by atoms with Gasteiger partial charge in [-0.3, -0.25) is 0 Å². The molecule has 0 aromatic heterocycles. The maximum atomic E-state index is 13.4. The molecule has 0 atom stereocenters. The van der Waals surface area contributed by atoms with Crippen molar-refractivity contribution in [2.45, 2.75) is 57.7 Å². The van der Waals surface area contributed by atoms with Gasteiger partial charge in [0.25, 0.3) is 5.92 Å². The average molecular weight is 280 g/mol. The van der Waals surface area contributed by atoms with Crippen LogP contribution in [0.3, 0.4) is 0 Å². The van der Waals surface area contributed by atoms with Gasteiger partial charge in [0, 0.05) is 12.8 Å². The Morgan fingerprint density at radius 3 is 2.10 bits per heavy atom. The van der Waals surface area contributed by atoms with Gasteiger partial charge in [0.2, 0.25) is 0 Å². The molecular weight excluding hydrogens is 261 g/mol. The summed E-state index contributed by atoms with van der Waals surface area (Å²) in [5.41, 5.74) is 1.43.